The number of benzene rings is 1. The average molecular weight is 372 g/mol. The lowest BCUT2D eigenvalue weighted by Crippen LogP contribution is -2.51. The SMILES string of the molecule is CN(C=O)c1cc(N2CCC(=O)CC2)ccc1N(C)C1CCC(=O)NC1=O. The van der Waals surface area contributed by atoms with E-state index in [0.29, 0.717) is 44.5 Å². The third-order valence-electron chi connectivity index (χ3n) is 5.24. The molecule has 2 aliphatic rings. The molecule has 0 spiro atoms. The molecule has 0 saturated carbocycles. The molecule has 0 radical (unpaired) electrons. The Morgan fingerprint density at radius 2 is 1.78 bits per heavy atom. The number of nitrogens with zero attached hydrogens (tertiary/aromatic N) is 3. The van der Waals surface area contributed by atoms with Crippen molar-refractivity contribution in [3.8, 4) is 0 Å². The lowest BCUT2D eigenvalue weighted by atomic mass is 10.0. The van der Waals surface area contributed by atoms with Gasteiger partial charge in [0.2, 0.25) is 18.2 Å². The third kappa shape index (κ3) is 3.94. The minimum atomic E-state index is -0.472. The number of imide groups is 1. The number of carbonyl (C=O) groups is 4. The number of Topliss-reactive ketones (excluding diaryl/α,β-unsaturated/α-hetero) is 1. The Kier molecular flexibility index (Phi) is 5.43. The van der Waals surface area contributed by atoms with Gasteiger partial charge in [-0.15, -0.1) is 0 Å². The number of likely N-dealkylation sites (N-methyl/N-ethyl adjacent to an activating group) is 1. The van der Waals surface area contributed by atoms with Gasteiger partial charge >= 0.3 is 0 Å². The summed E-state index contributed by atoms with van der Waals surface area (Å²) in [6.07, 6.45) is 2.50. The highest BCUT2D eigenvalue weighted by molar-refractivity contribution is 6.02. The van der Waals surface area contributed by atoms with Gasteiger partial charge in [-0.25, -0.2) is 0 Å². The van der Waals surface area contributed by atoms with Crippen molar-refractivity contribution in [3.05, 3.63) is 18.2 Å². The highest BCUT2D eigenvalue weighted by Crippen LogP contribution is 2.34. The van der Waals surface area contributed by atoms with Crippen molar-refractivity contribution < 1.29 is 19.2 Å². The van der Waals surface area contributed by atoms with Crippen LogP contribution in [0.15, 0.2) is 18.2 Å². The zero-order chi connectivity index (χ0) is 19.6. The van der Waals surface area contributed by atoms with Gasteiger partial charge in [0.05, 0.1) is 11.4 Å². The van der Waals surface area contributed by atoms with Crippen molar-refractivity contribution in [1.29, 1.82) is 0 Å². The monoisotopic (exact) mass is 372 g/mol. The molecule has 2 aliphatic heterocycles. The van der Waals surface area contributed by atoms with Crippen LogP contribution in [0.1, 0.15) is 25.7 Å². The molecular formula is C19H24N4O4. The van der Waals surface area contributed by atoms with Crippen LogP contribution in [0.4, 0.5) is 17.1 Å². The van der Waals surface area contributed by atoms with E-state index in [2.05, 4.69) is 10.2 Å². The van der Waals surface area contributed by atoms with Gasteiger partial charge < -0.3 is 14.7 Å². The van der Waals surface area contributed by atoms with Crippen LogP contribution >= 0.6 is 0 Å². The fourth-order valence-electron chi connectivity index (χ4n) is 3.58. The molecule has 1 aromatic rings. The molecule has 2 fully saturated rings. The first kappa shape index (κ1) is 18.9. The van der Waals surface area contributed by atoms with Crippen LogP contribution in [0.2, 0.25) is 0 Å². The maximum Gasteiger partial charge on any atom is 0.249 e. The number of rotatable bonds is 5. The third-order valence-corrected chi connectivity index (χ3v) is 5.24. The molecular weight excluding hydrogens is 348 g/mol. The normalized spacial score (nSPS) is 20.3. The molecule has 1 aromatic carbocycles. The Balaban J connectivity index is 1.90. The molecule has 3 amide bonds. The summed E-state index contributed by atoms with van der Waals surface area (Å²) < 4.78 is 0. The first-order chi connectivity index (χ1) is 12.9. The Labute approximate surface area is 158 Å². The zero-order valence-corrected chi connectivity index (χ0v) is 15.6. The molecule has 2 heterocycles. The number of anilines is 3. The largest absolute Gasteiger partial charge is 0.371 e. The quantitative estimate of drug-likeness (QED) is 0.604. The summed E-state index contributed by atoms with van der Waals surface area (Å²) in [6.45, 7) is 1.32. The van der Waals surface area contributed by atoms with Crippen molar-refractivity contribution in [2.45, 2.75) is 31.7 Å². The molecule has 8 nitrogen and oxygen atoms in total. The summed E-state index contributed by atoms with van der Waals surface area (Å²) in [4.78, 5) is 51.9. The lowest BCUT2D eigenvalue weighted by molar-refractivity contribution is -0.134. The molecule has 27 heavy (non-hydrogen) atoms. The summed E-state index contributed by atoms with van der Waals surface area (Å²) in [7, 11) is 3.45. The minimum absolute atomic E-state index is 0.259. The van der Waals surface area contributed by atoms with Crippen LogP contribution in [-0.4, -0.2) is 57.2 Å². The van der Waals surface area contributed by atoms with Crippen molar-refractivity contribution in [2.24, 2.45) is 0 Å². The van der Waals surface area contributed by atoms with Gasteiger partial charge in [0, 0.05) is 52.1 Å². The molecule has 0 bridgehead atoms. The average Bonchev–Trinajstić information content (AvgIpc) is 2.67. The predicted molar refractivity (Wildman–Crippen MR) is 102 cm³/mol. The molecule has 0 aromatic heterocycles. The maximum atomic E-state index is 12.2. The van der Waals surface area contributed by atoms with Crippen molar-refractivity contribution in [3.63, 3.8) is 0 Å². The Bertz CT molecular complexity index is 769. The number of hydrogen-bond acceptors (Lipinski definition) is 6. The van der Waals surface area contributed by atoms with E-state index in [1.807, 2.05) is 18.2 Å². The molecule has 1 atom stereocenters. The number of piperidine rings is 2. The summed E-state index contributed by atoms with van der Waals surface area (Å²) in [5.74, 6) is -0.317. The Morgan fingerprint density at radius 1 is 1.07 bits per heavy atom. The van der Waals surface area contributed by atoms with E-state index in [9.17, 15) is 19.2 Å². The van der Waals surface area contributed by atoms with Crippen LogP contribution in [0.25, 0.3) is 0 Å². The minimum Gasteiger partial charge on any atom is -0.371 e. The fourth-order valence-corrected chi connectivity index (χ4v) is 3.58. The first-order valence-corrected chi connectivity index (χ1v) is 9.06. The van der Waals surface area contributed by atoms with Gasteiger partial charge in [-0.1, -0.05) is 0 Å². The Morgan fingerprint density at radius 3 is 2.41 bits per heavy atom. The second-order valence-corrected chi connectivity index (χ2v) is 6.99. The van der Waals surface area contributed by atoms with E-state index >= 15 is 0 Å². The van der Waals surface area contributed by atoms with Gasteiger partial charge in [-0.2, -0.15) is 0 Å². The second kappa shape index (κ2) is 7.77. The van der Waals surface area contributed by atoms with Crippen molar-refractivity contribution >= 4 is 41.1 Å². The van der Waals surface area contributed by atoms with Crippen LogP contribution in [0, 0.1) is 0 Å². The number of amides is 3. The molecule has 1 N–H and O–H groups in total. The first-order valence-electron chi connectivity index (χ1n) is 9.06. The smallest absolute Gasteiger partial charge is 0.249 e. The number of carbonyl (C=O) groups excluding carboxylic acids is 4. The van der Waals surface area contributed by atoms with E-state index in [-0.39, 0.29) is 17.6 Å². The highest BCUT2D eigenvalue weighted by atomic mass is 16.2. The molecule has 0 aliphatic carbocycles. The molecule has 1 unspecified atom stereocenters. The standard InChI is InChI=1S/C19H24N4O4/c1-21(12-24)17-11-13(23-9-7-14(25)8-10-23)3-4-15(17)22(2)16-5-6-18(26)20-19(16)27/h3-4,11-12,16H,5-10H2,1-2H3,(H,20,26,27). The highest BCUT2D eigenvalue weighted by Gasteiger charge is 2.31. The maximum absolute atomic E-state index is 12.2. The van der Waals surface area contributed by atoms with Gasteiger partial charge in [-0.3, -0.25) is 24.5 Å². The van der Waals surface area contributed by atoms with E-state index in [1.165, 1.54) is 4.90 Å². The van der Waals surface area contributed by atoms with Crippen LogP contribution in [0.5, 0.6) is 0 Å². The van der Waals surface area contributed by atoms with E-state index in [1.54, 1.807) is 19.0 Å². The molecule has 3 rings (SSSR count). The fraction of sp³-hybridized carbons (Fsp3) is 0.474. The van der Waals surface area contributed by atoms with Gasteiger partial charge in [0.25, 0.3) is 0 Å². The predicted octanol–water partition coefficient (Wildman–Crippen LogP) is 0.690. The number of ketones is 1. The topological polar surface area (TPSA) is 90.0 Å². The van der Waals surface area contributed by atoms with E-state index < -0.39 is 6.04 Å². The zero-order valence-electron chi connectivity index (χ0n) is 15.6. The summed E-state index contributed by atoms with van der Waals surface area (Å²) in [6, 6.07) is 5.25. The van der Waals surface area contributed by atoms with E-state index in [4.69, 9.17) is 0 Å². The van der Waals surface area contributed by atoms with E-state index in [0.717, 1.165) is 17.8 Å². The van der Waals surface area contributed by atoms with Crippen LogP contribution in [-0.2, 0) is 19.2 Å². The van der Waals surface area contributed by atoms with Crippen molar-refractivity contribution in [2.75, 3.05) is 41.9 Å². The van der Waals surface area contributed by atoms with Gasteiger partial charge in [0.15, 0.2) is 0 Å². The molecule has 144 valence electrons. The van der Waals surface area contributed by atoms with Crippen molar-refractivity contribution in [1.82, 2.24) is 5.32 Å². The van der Waals surface area contributed by atoms with Gasteiger partial charge in [-0.05, 0) is 24.6 Å². The molecule has 8 heteroatoms. The number of nitrogens with one attached hydrogen (secondary N) is 1. The summed E-state index contributed by atoms with van der Waals surface area (Å²) in [5, 5.41) is 2.37. The second-order valence-electron chi connectivity index (χ2n) is 6.99. The Hall–Kier alpha value is -2.90. The molecule has 2 saturated heterocycles. The van der Waals surface area contributed by atoms with Crippen LogP contribution in [0.3, 0.4) is 0 Å². The number of hydrogen-bond donors (Lipinski definition) is 1. The van der Waals surface area contributed by atoms with Crippen LogP contribution < -0.4 is 20.0 Å². The summed E-state index contributed by atoms with van der Waals surface area (Å²) in [5.41, 5.74) is 2.34. The lowest BCUT2D eigenvalue weighted by Gasteiger charge is -2.35. The van der Waals surface area contributed by atoms with Gasteiger partial charge in [0.1, 0.15) is 11.8 Å². The summed E-state index contributed by atoms with van der Waals surface area (Å²) >= 11 is 0.